The number of nitrogens with zero attached hydrogens (tertiary/aromatic N) is 2. The first-order chi connectivity index (χ1) is 9.49. The summed E-state index contributed by atoms with van der Waals surface area (Å²) >= 11 is 0. The number of carbonyl (C=O) groups is 1. The number of hydrogen-bond donors (Lipinski definition) is 0. The van der Waals surface area contributed by atoms with Gasteiger partial charge >= 0.3 is 0 Å². The largest absolute Gasteiger partial charge is 0.336 e. The summed E-state index contributed by atoms with van der Waals surface area (Å²) in [6.45, 7) is 9.16. The molecule has 1 aromatic heterocycles. The molecule has 106 valence electrons. The average molecular weight is 270 g/mol. The third-order valence-electron chi connectivity index (χ3n) is 3.30. The summed E-state index contributed by atoms with van der Waals surface area (Å²) in [7, 11) is 0. The molecule has 0 saturated heterocycles. The predicted octanol–water partition coefficient (Wildman–Crippen LogP) is 3.74. The van der Waals surface area contributed by atoms with Gasteiger partial charge in [0.25, 0.3) is 5.91 Å². The van der Waals surface area contributed by atoms with E-state index in [0.717, 1.165) is 23.0 Å². The van der Waals surface area contributed by atoms with Crippen LogP contribution in [0.1, 0.15) is 38.1 Å². The van der Waals surface area contributed by atoms with Gasteiger partial charge in [0, 0.05) is 29.7 Å². The molecule has 0 spiro atoms. The van der Waals surface area contributed by atoms with Crippen molar-refractivity contribution in [1.82, 2.24) is 9.88 Å². The van der Waals surface area contributed by atoms with Crippen molar-refractivity contribution in [3.05, 3.63) is 42.1 Å². The van der Waals surface area contributed by atoms with Gasteiger partial charge in [-0.1, -0.05) is 19.9 Å². The highest BCUT2D eigenvalue weighted by Crippen LogP contribution is 2.17. The number of amides is 1. The van der Waals surface area contributed by atoms with Crippen molar-refractivity contribution in [2.75, 3.05) is 6.54 Å². The molecule has 1 amide bonds. The maximum Gasteiger partial charge on any atom is 0.254 e. The first-order valence-corrected chi connectivity index (χ1v) is 7.14. The maximum atomic E-state index is 12.7. The lowest BCUT2D eigenvalue weighted by molar-refractivity contribution is 0.0682. The van der Waals surface area contributed by atoms with Crippen LogP contribution in [0.2, 0.25) is 0 Å². The van der Waals surface area contributed by atoms with E-state index in [-0.39, 0.29) is 11.9 Å². The Kier molecular flexibility index (Phi) is 4.38. The molecule has 0 fully saturated rings. The second kappa shape index (κ2) is 6.04. The van der Waals surface area contributed by atoms with E-state index in [4.69, 9.17) is 0 Å². The van der Waals surface area contributed by atoms with Gasteiger partial charge in [0.05, 0.1) is 5.52 Å². The summed E-state index contributed by atoms with van der Waals surface area (Å²) in [4.78, 5) is 18.9. The van der Waals surface area contributed by atoms with Gasteiger partial charge in [-0.2, -0.15) is 0 Å². The molecule has 3 nitrogen and oxygen atoms in total. The number of hydrogen-bond acceptors (Lipinski definition) is 2. The van der Waals surface area contributed by atoms with Crippen molar-refractivity contribution in [2.45, 2.75) is 33.7 Å². The lowest BCUT2D eigenvalue weighted by atomic mass is 10.1. The fourth-order valence-electron chi connectivity index (χ4n) is 2.30. The van der Waals surface area contributed by atoms with E-state index >= 15 is 0 Å². The van der Waals surface area contributed by atoms with Crippen LogP contribution in [-0.2, 0) is 0 Å². The molecular weight excluding hydrogens is 248 g/mol. The van der Waals surface area contributed by atoms with Gasteiger partial charge in [-0.15, -0.1) is 0 Å². The summed E-state index contributed by atoms with van der Waals surface area (Å²) in [5.74, 6) is 0.558. The van der Waals surface area contributed by atoms with Crippen molar-refractivity contribution in [2.24, 2.45) is 5.92 Å². The lowest BCUT2D eigenvalue weighted by Crippen LogP contribution is -2.39. The number of aromatic nitrogens is 1. The smallest absolute Gasteiger partial charge is 0.254 e. The Balaban J connectivity index is 2.33. The fraction of sp³-hybridized carbons (Fsp3) is 0.412. The van der Waals surface area contributed by atoms with E-state index < -0.39 is 0 Å². The van der Waals surface area contributed by atoms with E-state index in [1.54, 1.807) is 6.20 Å². The molecule has 0 radical (unpaired) electrons. The van der Waals surface area contributed by atoms with E-state index in [1.807, 2.05) is 35.2 Å². The normalized spacial score (nSPS) is 11.3. The molecule has 0 N–H and O–H groups in total. The zero-order valence-electron chi connectivity index (χ0n) is 12.6. The Morgan fingerprint density at radius 2 is 1.95 bits per heavy atom. The number of fused-ring (bicyclic) bond motifs is 1. The number of carbonyl (C=O) groups excluding carboxylic acids is 1. The first-order valence-electron chi connectivity index (χ1n) is 7.14. The van der Waals surface area contributed by atoms with Crippen LogP contribution < -0.4 is 0 Å². The second-order valence-electron chi connectivity index (χ2n) is 5.86. The molecule has 1 heterocycles. The zero-order chi connectivity index (χ0) is 14.7. The first kappa shape index (κ1) is 14.5. The molecule has 1 aromatic carbocycles. The standard InChI is InChI=1S/C17H22N2O/c1-12(2)11-19(13(3)4)17(20)15-7-8-16-14(10-15)6-5-9-18-16/h5-10,12-13H,11H2,1-4H3. The topological polar surface area (TPSA) is 33.2 Å². The van der Waals surface area contributed by atoms with Crippen LogP contribution in [0.25, 0.3) is 10.9 Å². The molecular formula is C17H22N2O. The van der Waals surface area contributed by atoms with Crippen LogP contribution in [0.4, 0.5) is 0 Å². The van der Waals surface area contributed by atoms with Crippen molar-refractivity contribution < 1.29 is 4.79 Å². The molecule has 0 bridgehead atoms. The van der Waals surface area contributed by atoms with Crippen molar-refractivity contribution in [3.63, 3.8) is 0 Å². The van der Waals surface area contributed by atoms with Gasteiger partial charge in [-0.3, -0.25) is 9.78 Å². The van der Waals surface area contributed by atoms with Gasteiger partial charge < -0.3 is 4.90 Å². The van der Waals surface area contributed by atoms with Crippen LogP contribution in [0.5, 0.6) is 0 Å². The summed E-state index contributed by atoms with van der Waals surface area (Å²) in [5.41, 5.74) is 1.66. The Morgan fingerprint density at radius 3 is 2.60 bits per heavy atom. The molecule has 0 aliphatic heterocycles. The third-order valence-corrected chi connectivity index (χ3v) is 3.30. The molecule has 20 heavy (non-hydrogen) atoms. The van der Waals surface area contributed by atoms with Gasteiger partial charge in [0.1, 0.15) is 0 Å². The Labute approximate surface area is 120 Å². The summed E-state index contributed by atoms with van der Waals surface area (Å²) in [6, 6.07) is 9.80. The second-order valence-corrected chi connectivity index (χ2v) is 5.86. The SMILES string of the molecule is CC(C)CN(C(=O)c1ccc2ncccc2c1)C(C)C. The zero-order valence-corrected chi connectivity index (χ0v) is 12.6. The highest BCUT2D eigenvalue weighted by Gasteiger charge is 2.19. The molecule has 0 unspecified atom stereocenters. The maximum absolute atomic E-state index is 12.7. The minimum Gasteiger partial charge on any atom is -0.336 e. The quantitative estimate of drug-likeness (QED) is 0.848. The molecule has 0 aliphatic carbocycles. The van der Waals surface area contributed by atoms with Crippen LogP contribution in [0, 0.1) is 5.92 Å². The van der Waals surface area contributed by atoms with E-state index in [0.29, 0.717) is 5.92 Å². The van der Waals surface area contributed by atoms with Crippen molar-refractivity contribution >= 4 is 16.8 Å². The highest BCUT2D eigenvalue weighted by molar-refractivity contribution is 5.98. The van der Waals surface area contributed by atoms with Crippen LogP contribution in [-0.4, -0.2) is 28.4 Å². The van der Waals surface area contributed by atoms with E-state index in [2.05, 4.69) is 32.7 Å². The monoisotopic (exact) mass is 270 g/mol. The van der Waals surface area contributed by atoms with E-state index in [9.17, 15) is 4.79 Å². The van der Waals surface area contributed by atoms with Crippen LogP contribution in [0.15, 0.2) is 36.5 Å². The number of pyridine rings is 1. The molecule has 0 saturated carbocycles. The van der Waals surface area contributed by atoms with Gasteiger partial charge in [-0.05, 0) is 44.0 Å². The number of benzene rings is 1. The fourth-order valence-corrected chi connectivity index (χ4v) is 2.30. The van der Waals surface area contributed by atoms with Crippen molar-refractivity contribution in [1.29, 1.82) is 0 Å². The summed E-state index contributed by atoms with van der Waals surface area (Å²) in [5, 5.41) is 1.01. The average Bonchev–Trinajstić information content (AvgIpc) is 2.43. The molecule has 2 aromatic rings. The van der Waals surface area contributed by atoms with Crippen molar-refractivity contribution in [3.8, 4) is 0 Å². The minimum atomic E-state index is 0.0967. The Hall–Kier alpha value is -1.90. The molecule has 0 aliphatic rings. The van der Waals surface area contributed by atoms with Gasteiger partial charge in [0.2, 0.25) is 0 Å². The number of rotatable bonds is 4. The summed E-state index contributed by atoms with van der Waals surface area (Å²) < 4.78 is 0. The highest BCUT2D eigenvalue weighted by atomic mass is 16.2. The van der Waals surface area contributed by atoms with Gasteiger partial charge in [0.15, 0.2) is 0 Å². The van der Waals surface area contributed by atoms with Crippen LogP contribution >= 0.6 is 0 Å². The third kappa shape index (κ3) is 3.16. The summed E-state index contributed by atoms with van der Waals surface area (Å²) in [6.07, 6.45) is 1.77. The van der Waals surface area contributed by atoms with Gasteiger partial charge in [-0.25, -0.2) is 0 Å². The molecule has 2 rings (SSSR count). The minimum absolute atomic E-state index is 0.0967. The molecule has 3 heteroatoms. The predicted molar refractivity (Wildman–Crippen MR) is 82.8 cm³/mol. The lowest BCUT2D eigenvalue weighted by Gasteiger charge is -2.28. The Morgan fingerprint density at radius 1 is 1.20 bits per heavy atom. The molecule has 0 atom stereocenters. The van der Waals surface area contributed by atoms with E-state index in [1.165, 1.54) is 0 Å². The van der Waals surface area contributed by atoms with Crippen LogP contribution in [0.3, 0.4) is 0 Å². The Bertz CT molecular complexity index is 605.